The van der Waals surface area contributed by atoms with Crippen LogP contribution in [0, 0.1) is 5.41 Å². The first kappa shape index (κ1) is 15.0. The molecule has 0 saturated heterocycles. The molecule has 0 spiro atoms. The van der Waals surface area contributed by atoms with Crippen LogP contribution in [-0.4, -0.2) is 26.2 Å². The van der Waals surface area contributed by atoms with Crippen LogP contribution >= 0.6 is 0 Å². The summed E-state index contributed by atoms with van der Waals surface area (Å²) in [5.41, 5.74) is -0.650. The Morgan fingerprint density at radius 3 is 2.00 bits per heavy atom. The fourth-order valence-electron chi connectivity index (χ4n) is 2.13. The summed E-state index contributed by atoms with van der Waals surface area (Å²) >= 11 is 0. The fourth-order valence-corrected chi connectivity index (χ4v) is 2.13. The molecule has 0 N–H and O–H groups in total. The Balaban J connectivity index is 3.34. The summed E-state index contributed by atoms with van der Waals surface area (Å²) in [6, 6.07) is 9.19. The van der Waals surface area contributed by atoms with Crippen LogP contribution in [0.5, 0.6) is 0 Å². The van der Waals surface area contributed by atoms with E-state index in [-0.39, 0.29) is 0 Å². The third kappa shape index (κ3) is 2.67. The molecular formula is C15H18O4. The normalized spacial score (nSPS) is 12.4. The first-order valence-electron chi connectivity index (χ1n) is 5.86. The minimum atomic E-state index is -1.45. The zero-order valence-electron chi connectivity index (χ0n) is 11.4. The van der Waals surface area contributed by atoms with Gasteiger partial charge in [0.1, 0.15) is 0 Å². The number of methoxy groups -OCH3 is 2. The van der Waals surface area contributed by atoms with Gasteiger partial charge in [-0.15, -0.1) is 6.58 Å². The highest BCUT2D eigenvalue weighted by molar-refractivity contribution is 6.01. The molecule has 0 aliphatic carbocycles. The van der Waals surface area contributed by atoms with Gasteiger partial charge in [-0.1, -0.05) is 36.4 Å². The predicted molar refractivity (Wildman–Crippen MR) is 71.5 cm³/mol. The van der Waals surface area contributed by atoms with Gasteiger partial charge in [-0.3, -0.25) is 9.59 Å². The van der Waals surface area contributed by atoms with Gasteiger partial charge in [0.15, 0.2) is 5.41 Å². The molecule has 0 heterocycles. The summed E-state index contributed by atoms with van der Waals surface area (Å²) < 4.78 is 9.51. The fraction of sp³-hybridized carbons (Fsp3) is 0.333. The summed E-state index contributed by atoms with van der Waals surface area (Å²) in [5.74, 6) is -1.81. The maximum absolute atomic E-state index is 12.0. The van der Waals surface area contributed by atoms with E-state index in [2.05, 4.69) is 6.58 Å². The highest BCUT2D eigenvalue weighted by Crippen LogP contribution is 2.39. The first-order chi connectivity index (χ1) is 9.02. The first-order valence-corrected chi connectivity index (χ1v) is 5.86. The molecule has 4 heteroatoms. The maximum atomic E-state index is 12.0. The van der Waals surface area contributed by atoms with Crippen LogP contribution in [0.4, 0.5) is 0 Å². The van der Waals surface area contributed by atoms with Crippen molar-refractivity contribution >= 4 is 11.9 Å². The molecule has 1 aromatic carbocycles. The Morgan fingerprint density at radius 1 is 1.16 bits per heavy atom. The summed E-state index contributed by atoms with van der Waals surface area (Å²) in [6.45, 7) is 5.23. The minimum Gasteiger partial charge on any atom is -0.468 e. The lowest BCUT2D eigenvalue weighted by Gasteiger charge is -2.30. The van der Waals surface area contributed by atoms with Gasteiger partial charge in [-0.25, -0.2) is 0 Å². The molecule has 0 radical (unpaired) electrons. The SMILES string of the molecule is C=C[C@H](c1ccccc1)C(C)(C(=O)OC)C(=O)OC. The molecular weight excluding hydrogens is 244 g/mol. The van der Waals surface area contributed by atoms with Gasteiger partial charge < -0.3 is 9.47 Å². The second-order valence-corrected chi connectivity index (χ2v) is 4.31. The standard InChI is InChI=1S/C15H18O4/c1-5-12(11-9-7-6-8-10-11)15(2,13(16)18-3)14(17)19-4/h5-10,12H,1H2,2-4H3/t12-/m1/s1. The van der Waals surface area contributed by atoms with E-state index in [1.54, 1.807) is 6.08 Å². The van der Waals surface area contributed by atoms with Crippen LogP contribution < -0.4 is 0 Å². The lowest BCUT2D eigenvalue weighted by molar-refractivity contribution is -0.168. The molecule has 0 aliphatic rings. The second kappa shape index (κ2) is 6.18. The largest absolute Gasteiger partial charge is 0.468 e. The zero-order valence-corrected chi connectivity index (χ0v) is 11.4. The number of hydrogen-bond donors (Lipinski definition) is 0. The maximum Gasteiger partial charge on any atom is 0.323 e. The monoisotopic (exact) mass is 262 g/mol. The minimum absolute atomic E-state index is 0.520. The van der Waals surface area contributed by atoms with E-state index in [1.165, 1.54) is 21.1 Å². The van der Waals surface area contributed by atoms with Crippen molar-refractivity contribution in [3.63, 3.8) is 0 Å². The van der Waals surface area contributed by atoms with Crippen molar-refractivity contribution in [2.75, 3.05) is 14.2 Å². The van der Waals surface area contributed by atoms with E-state index in [1.807, 2.05) is 30.3 Å². The number of ether oxygens (including phenoxy) is 2. The molecule has 0 bridgehead atoms. The van der Waals surface area contributed by atoms with Gasteiger partial charge in [-0.05, 0) is 12.5 Å². The highest BCUT2D eigenvalue weighted by atomic mass is 16.5. The van der Waals surface area contributed by atoms with E-state index < -0.39 is 23.3 Å². The van der Waals surface area contributed by atoms with E-state index in [0.717, 1.165) is 5.56 Å². The number of benzene rings is 1. The average molecular weight is 262 g/mol. The molecule has 1 aromatic rings. The van der Waals surface area contributed by atoms with Gasteiger partial charge in [0, 0.05) is 5.92 Å². The van der Waals surface area contributed by atoms with Crippen LogP contribution in [0.15, 0.2) is 43.0 Å². The summed E-state index contributed by atoms with van der Waals surface area (Å²) in [7, 11) is 2.49. The molecule has 0 saturated carbocycles. The molecule has 0 aromatic heterocycles. The molecule has 19 heavy (non-hydrogen) atoms. The van der Waals surface area contributed by atoms with Crippen LogP contribution in [0.1, 0.15) is 18.4 Å². The molecule has 1 rings (SSSR count). The Bertz CT molecular complexity index is 448. The van der Waals surface area contributed by atoms with Crippen LogP contribution in [-0.2, 0) is 19.1 Å². The average Bonchev–Trinajstić information content (AvgIpc) is 2.46. The summed E-state index contributed by atoms with van der Waals surface area (Å²) in [4.78, 5) is 24.1. The Morgan fingerprint density at radius 2 is 1.63 bits per heavy atom. The van der Waals surface area contributed by atoms with Crippen molar-refractivity contribution in [1.82, 2.24) is 0 Å². The summed E-state index contributed by atoms with van der Waals surface area (Å²) in [6.07, 6.45) is 1.56. The van der Waals surface area contributed by atoms with Gasteiger partial charge in [0.05, 0.1) is 14.2 Å². The van der Waals surface area contributed by atoms with Crippen molar-refractivity contribution in [2.24, 2.45) is 5.41 Å². The van der Waals surface area contributed by atoms with Crippen LogP contribution in [0.3, 0.4) is 0 Å². The number of esters is 2. The lowest BCUT2D eigenvalue weighted by Crippen LogP contribution is -2.43. The zero-order chi connectivity index (χ0) is 14.5. The Hall–Kier alpha value is -2.10. The van der Waals surface area contributed by atoms with E-state index in [9.17, 15) is 9.59 Å². The molecule has 0 fully saturated rings. The van der Waals surface area contributed by atoms with Crippen molar-refractivity contribution < 1.29 is 19.1 Å². The topological polar surface area (TPSA) is 52.6 Å². The van der Waals surface area contributed by atoms with E-state index in [0.29, 0.717) is 0 Å². The molecule has 1 atom stereocenters. The quantitative estimate of drug-likeness (QED) is 0.464. The van der Waals surface area contributed by atoms with Crippen molar-refractivity contribution in [3.8, 4) is 0 Å². The highest BCUT2D eigenvalue weighted by Gasteiger charge is 2.49. The van der Waals surface area contributed by atoms with Crippen LogP contribution in [0.25, 0.3) is 0 Å². The number of hydrogen-bond acceptors (Lipinski definition) is 4. The van der Waals surface area contributed by atoms with Crippen molar-refractivity contribution in [2.45, 2.75) is 12.8 Å². The molecule has 0 aliphatic heterocycles. The number of carbonyl (C=O) groups is 2. The number of rotatable bonds is 5. The van der Waals surface area contributed by atoms with Gasteiger partial charge in [0.2, 0.25) is 0 Å². The Kier molecular flexibility index (Phi) is 4.87. The number of allylic oxidation sites excluding steroid dienone is 1. The predicted octanol–water partition coefficient (Wildman–Crippen LogP) is 2.31. The van der Waals surface area contributed by atoms with Crippen molar-refractivity contribution in [1.29, 1.82) is 0 Å². The van der Waals surface area contributed by atoms with Gasteiger partial charge in [-0.2, -0.15) is 0 Å². The lowest BCUT2D eigenvalue weighted by atomic mass is 9.73. The van der Waals surface area contributed by atoms with Crippen molar-refractivity contribution in [3.05, 3.63) is 48.6 Å². The third-order valence-electron chi connectivity index (χ3n) is 3.24. The van der Waals surface area contributed by atoms with Gasteiger partial charge in [0.25, 0.3) is 0 Å². The third-order valence-corrected chi connectivity index (χ3v) is 3.24. The second-order valence-electron chi connectivity index (χ2n) is 4.31. The van der Waals surface area contributed by atoms with Gasteiger partial charge >= 0.3 is 11.9 Å². The Labute approximate surface area is 113 Å². The van der Waals surface area contributed by atoms with E-state index in [4.69, 9.17) is 9.47 Å². The number of carbonyl (C=O) groups excluding carboxylic acids is 2. The molecule has 102 valence electrons. The summed E-state index contributed by atoms with van der Waals surface area (Å²) in [5, 5.41) is 0. The van der Waals surface area contributed by atoms with Crippen LogP contribution in [0.2, 0.25) is 0 Å². The van der Waals surface area contributed by atoms with E-state index >= 15 is 0 Å². The smallest absolute Gasteiger partial charge is 0.323 e. The molecule has 0 amide bonds. The molecule has 4 nitrogen and oxygen atoms in total. The molecule has 0 unspecified atom stereocenters.